The lowest BCUT2D eigenvalue weighted by Crippen LogP contribution is -2.11. The predicted molar refractivity (Wildman–Crippen MR) is 216 cm³/mol. The second kappa shape index (κ2) is 13.5. The first-order valence-electron chi connectivity index (χ1n) is 18.0. The minimum absolute atomic E-state index is 0.642. The van der Waals surface area contributed by atoms with Gasteiger partial charge in [-0.2, -0.15) is 0 Å². The first-order valence-corrected chi connectivity index (χ1v) is 18.8. The number of thiophene rings is 1. The van der Waals surface area contributed by atoms with Crippen LogP contribution >= 0.6 is 11.3 Å². The molecule has 1 aliphatic rings. The molecule has 0 radical (unpaired) electrons. The summed E-state index contributed by atoms with van der Waals surface area (Å²) in [6.45, 7) is 0. The van der Waals surface area contributed by atoms with Crippen LogP contribution in [0.3, 0.4) is 0 Å². The normalized spacial score (nSPS) is 13.5. The third kappa shape index (κ3) is 5.80. The van der Waals surface area contributed by atoms with Gasteiger partial charge in [-0.15, -0.1) is 11.3 Å². The first-order chi connectivity index (χ1) is 24.8. The molecule has 0 saturated heterocycles. The molecule has 1 heterocycles. The van der Waals surface area contributed by atoms with E-state index in [1.54, 1.807) is 0 Å². The zero-order valence-electron chi connectivity index (χ0n) is 28.1. The second-order valence-corrected chi connectivity index (χ2v) is 14.6. The minimum Gasteiger partial charge on any atom is -0.310 e. The van der Waals surface area contributed by atoms with E-state index in [-0.39, 0.29) is 0 Å². The van der Waals surface area contributed by atoms with Gasteiger partial charge in [0.2, 0.25) is 0 Å². The van der Waals surface area contributed by atoms with Crippen molar-refractivity contribution < 1.29 is 0 Å². The van der Waals surface area contributed by atoms with Gasteiger partial charge >= 0.3 is 0 Å². The molecule has 0 aliphatic heterocycles. The molecule has 0 atom stereocenters. The van der Waals surface area contributed by atoms with Crippen molar-refractivity contribution in [3.63, 3.8) is 0 Å². The average molecular weight is 662 g/mol. The molecule has 0 amide bonds. The zero-order chi connectivity index (χ0) is 33.3. The molecule has 2 heteroatoms. The van der Waals surface area contributed by atoms with Crippen molar-refractivity contribution in [1.29, 1.82) is 0 Å². The highest BCUT2D eigenvalue weighted by molar-refractivity contribution is 7.25. The van der Waals surface area contributed by atoms with E-state index in [4.69, 9.17) is 0 Å². The summed E-state index contributed by atoms with van der Waals surface area (Å²) in [5.74, 6) is 0.642. The van der Waals surface area contributed by atoms with Crippen molar-refractivity contribution in [1.82, 2.24) is 0 Å². The summed E-state index contributed by atoms with van der Waals surface area (Å²) < 4.78 is 2.65. The molecule has 8 aromatic rings. The summed E-state index contributed by atoms with van der Waals surface area (Å²) in [4.78, 5) is 2.46. The number of fused-ring (bicyclic) bond motifs is 3. The summed E-state index contributed by atoms with van der Waals surface area (Å²) in [6, 6.07) is 62.7. The molecule has 1 fully saturated rings. The molecule has 0 N–H and O–H groups in total. The smallest absolute Gasteiger partial charge is 0.0476 e. The molecule has 1 aliphatic carbocycles. The van der Waals surface area contributed by atoms with Crippen molar-refractivity contribution in [2.75, 3.05) is 4.90 Å². The Morgan fingerprint density at radius 1 is 0.420 bits per heavy atom. The van der Waals surface area contributed by atoms with Crippen LogP contribution in [0.1, 0.15) is 43.6 Å². The van der Waals surface area contributed by atoms with Gasteiger partial charge < -0.3 is 4.90 Å². The van der Waals surface area contributed by atoms with Crippen LogP contribution in [0.25, 0.3) is 53.6 Å². The topological polar surface area (TPSA) is 3.24 Å². The Labute approximate surface area is 299 Å². The molecule has 1 saturated carbocycles. The van der Waals surface area contributed by atoms with E-state index in [2.05, 4.69) is 175 Å². The number of hydrogen-bond acceptors (Lipinski definition) is 2. The highest BCUT2D eigenvalue weighted by Gasteiger charge is 2.20. The van der Waals surface area contributed by atoms with Crippen LogP contribution in [0, 0.1) is 0 Å². The third-order valence-electron chi connectivity index (χ3n) is 10.5. The molecule has 0 spiro atoms. The molecular weight excluding hydrogens is 623 g/mol. The van der Waals surface area contributed by atoms with Gasteiger partial charge in [0.1, 0.15) is 0 Å². The van der Waals surface area contributed by atoms with Crippen LogP contribution in [-0.4, -0.2) is 0 Å². The first kappa shape index (κ1) is 30.6. The van der Waals surface area contributed by atoms with E-state index in [0.717, 1.165) is 5.69 Å². The van der Waals surface area contributed by atoms with Gasteiger partial charge in [0.25, 0.3) is 0 Å². The van der Waals surface area contributed by atoms with Gasteiger partial charge in [-0.1, -0.05) is 147 Å². The number of nitrogens with zero attached hydrogens (tertiary/aromatic N) is 1. The van der Waals surface area contributed by atoms with E-state index in [9.17, 15) is 0 Å². The van der Waals surface area contributed by atoms with Gasteiger partial charge in [-0.05, 0) is 100 Å². The van der Waals surface area contributed by atoms with E-state index in [0.29, 0.717) is 5.92 Å². The van der Waals surface area contributed by atoms with Gasteiger partial charge in [0.05, 0.1) is 0 Å². The molecular formula is C48H39NS. The Morgan fingerprint density at radius 3 is 1.74 bits per heavy atom. The van der Waals surface area contributed by atoms with Crippen LogP contribution in [-0.2, 0) is 0 Å². The van der Waals surface area contributed by atoms with E-state index in [1.165, 1.54) is 103 Å². The Hall–Kier alpha value is -5.44. The molecule has 242 valence electrons. The molecule has 1 aromatic heterocycles. The summed E-state index contributed by atoms with van der Waals surface area (Å²) in [6.07, 6.45) is 6.60. The fourth-order valence-corrected chi connectivity index (χ4v) is 9.15. The maximum absolute atomic E-state index is 2.46. The summed E-state index contributed by atoms with van der Waals surface area (Å²) in [5.41, 5.74) is 12.4. The minimum atomic E-state index is 0.642. The average Bonchev–Trinajstić information content (AvgIpc) is 3.57. The van der Waals surface area contributed by atoms with Crippen LogP contribution in [0.5, 0.6) is 0 Å². The van der Waals surface area contributed by atoms with Gasteiger partial charge in [0.15, 0.2) is 0 Å². The highest BCUT2D eigenvalue weighted by atomic mass is 32.1. The molecule has 1 nitrogen and oxygen atoms in total. The monoisotopic (exact) mass is 661 g/mol. The number of rotatable bonds is 7. The Kier molecular flexibility index (Phi) is 8.24. The molecule has 50 heavy (non-hydrogen) atoms. The van der Waals surface area contributed by atoms with Crippen LogP contribution < -0.4 is 4.90 Å². The number of anilines is 3. The maximum Gasteiger partial charge on any atom is 0.0476 e. The third-order valence-corrected chi connectivity index (χ3v) is 11.6. The van der Waals surface area contributed by atoms with Gasteiger partial charge in [0, 0.05) is 37.2 Å². The standard InChI is InChI=1S/C48H39NS/c1-4-14-34(15-5-1)38-20-12-21-40(32-38)49(41-30-31-45-44-22-10-11-25-46(44)50-47(45)33-41)39-28-26-37(27-29-39)48-42(35-16-6-2-7-17-35)23-13-24-43(48)36-18-8-3-9-19-36/h2-3,6-13,16-34H,1,4-5,14-15H2. The lowest BCUT2D eigenvalue weighted by molar-refractivity contribution is 0.443. The van der Waals surface area contributed by atoms with Crippen molar-refractivity contribution in [3.05, 3.63) is 175 Å². The van der Waals surface area contributed by atoms with Gasteiger partial charge in [-0.25, -0.2) is 0 Å². The summed E-state index contributed by atoms with van der Waals surface area (Å²) in [5, 5.41) is 2.66. The Morgan fingerprint density at radius 2 is 1.02 bits per heavy atom. The van der Waals surface area contributed by atoms with Crippen molar-refractivity contribution >= 4 is 48.6 Å². The second-order valence-electron chi connectivity index (χ2n) is 13.6. The van der Waals surface area contributed by atoms with Crippen LogP contribution in [0.4, 0.5) is 17.1 Å². The quantitative estimate of drug-likeness (QED) is 0.164. The molecule has 9 rings (SSSR count). The summed E-state index contributed by atoms with van der Waals surface area (Å²) in [7, 11) is 0. The van der Waals surface area contributed by atoms with Gasteiger partial charge in [-0.3, -0.25) is 0 Å². The Balaban J connectivity index is 1.19. The van der Waals surface area contributed by atoms with E-state index < -0.39 is 0 Å². The highest BCUT2D eigenvalue weighted by Crippen LogP contribution is 2.44. The Bertz CT molecular complexity index is 2340. The van der Waals surface area contributed by atoms with Crippen molar-refractivity contribution in [2.45, 2.75) is 38.0 Å². The zero-order valence-corrected chi connectivity index (χ0v) is 29.0. The number of hydrogen-bond donors (Lipinski definition) is 0. The van der Waals surface area contributed by atoms with Crippen molar-refractivity contribution in [3.8, 4) is 33.4 Å². The van der Waals surface area contributed by atoms with Crippen molar-refractivity contribution in [2.24, 2.45) is 0 Å². The SMILES string of the molecule is c1ccc(-c2cccc(-c3ccccc3)c2-c2ccc(N(c3cccc(C4CCCCC4)c3)c3ccc4c(c3)sc3ccccc34)cc2)cc1. The lowest BCUT2D eigenvalue weighted by atomic mass is 9.84. The lowest BCUT2D eigenvalue weighted by Gasteiger charge is -2.28. The van der Waals surface area contributed by atoms with Crippen LogP contribution in [0.2, 0.25) is 0 Å². The van der Waals surface area contributed by atoms with Crippen LogP contribution in [0.15, 0.2) is 170 Å². The van der Waals surface area contributed by atoms with E-state index >= 15 is 0 Å². The molecule has 0 bridgehead atoms. The fraction of sp³-hybridized carbons (Fsp3) is 0.125. The molecule has 7 aromatic carbocycles. The molecule has 0 unspecified atom stereocenters. The number of benzene rings is 7. The summed E-state index contributed by atoms with van der Waals surface area (Å²) >= 11 is 1.88. The van der Waals surface area contributed by atoms with E-state index in [1.807, 2.05) is 11.3 Å². The maximum atomic E-state index is 2.46. The largest absolute Gasteiger partial charge is 0.310 e. The predicted octanol–water partition coefficient (Wildman–Crippen LogP) is 14.6. The fourth-order valence-electron chi connectivity index (χ4n) is 8.01.